The highest BCUT2D eigenvalue weighted by atomic mass is 16.5. The summed E-state index contributed by atoms with van der Waals surface area (Å²) >= 11 is 0. The van der Waals surface area contributed by atoms with Gasteiger partial charge in [-0.2, -0.15) is 0 Å². The van der Waals surface area contributed by atoms with E-state index in [0.717, 1.165) is 11.1 Å². The van der Waals surface area contributed by atoms with Crippen molar-refractivity contribution in [1.82, 2.24) is 0 Å². The fourth-order valence-electron chi connectivity index (χ4n) is 1.93. The zero-order chi connectivity index (χ0) is 15.4. The van der Waals surface area contributed by atoms with E-state index >= 15 is 0 Å². The molecule has 4 nitrogen and oxygen atoms in total. The molecule has 1 amide bonds. The van der Waals surface area contributed by atoms with Crippen LogP contribution in [0.2, 0.25) is 0 Å². The summed E-state index contributed by atoms with van der Waals surface area (Å²) in [5, 5.41) is 2.74. The first kappa shape index (κ1) is 14.9. The van der Waals surface area contributed by atoms with Crippen LogP contribution in [0.25, 0.3) is 0 Å². The fraction of sp³-hybridized carbons (Fsp3) is 0.235. The Morgan fingerprint density at radius 1 is 1.10 bits per heavy atom. The molecule has 0 aliphatic heterocycles. The van der Waals surface area contributed by atoms with Crippen molar-refractivity contribution in [2.24, 2.45) is 0 Å². The van der Waals surface area contributed by atoms with E-state index in [1.165, 1.54) is 5.56 Å². The first-order valence-electron chi connectivity index (χ1n) is 6.82. The van der Waals surface area contributed by atoms with Crippen molar-refractivity contribution in [3.63, 3.8) is 0 Å². The van der Waals surface area contributed by atoms with Gasteiger partial charge in [0.1, 0.15) is 5.75 Å². The van der Waals surface area contributed by atoms with E-state index in [0.29, 0.717) is 17.1 Å². The molecule has 0 atom stereocenters. The standard InChI is InChI=1S/C17H20N2O2/c1-11-4-7-16(15(18)8-11)19-17(20)10-21-14-6-5-12(2)13(3)9-14/h4-9H,10,18H2,1-3H3,(H,19,20). The third-order valence-corrected chi connectivity index (χ3v) is 3.33. The molecule has 0 fully saturated rings. The topological polar surface area (TPSA) is 64.3 Å². The number of carbonyl (C=O) groups is 1. The molecule has 2 aromatic rings. The molecule has 110 valence electrons. The molecular weight excluding hydrogens is 264 g/mol. The van der Waals surface area contributed by atoms with Crippen molar-refractivity contribution in [2.45, 2.75) is 20.8 Å². The molecule has 2 rings (SSSR count). The van der Waals surface area contributed by atoms with Gasteiger partial charge in [0.15, 0.2) is 6.61 Å². The molecule has 3 N–H and O–H groups in total. The third-order valence-electron chi connectivity index (χ3n) is 3.33. The van der Waals surface area contributed by atoms with Crippen molar-refractivity contribution in [3.8, 4) is 5.75 Å². The van der Waals surface area contributed by atoms with Crippen LogP contribution in [0.3, 0.4) is 0 Å². The van der Waals surface area contributed by atoms with Crippen molar-refractivity contribution >= 4 is 17.3 Å². The van der Waals surface area contributed by atoms with Crippen LogP contribution in [0.4, 0.5) is 11.4 Å². The largest absolute Gasteiger partial charge is 0.484 e. The van der Waals surface area contributed by atoms with Crippen molar-refractivity contribution in [2.75, 3.05) is 17.7 Å². The molecule has 0 radical (unpaired) electrons. The van der Waals surface area contributed by atoms with Crippen LogP contribution in [0, 0.1) is 20.8 Å². The Labute approximate surface area is 124 Å². The second-order valence-electron chi connectivity index (χ2n) is 5.17. The molecule has 0 heterocycles. The number of ether oxygens (including phenoxy) is 1. The normalized spacial score (nSPS) is 10.2. The van der Waals surface area contributed by atoms with Crippen LogP contribution in [0.15, 0.2) is 36.4 Å². The highest BCUT2D eigenvalue weighted by Gasteiger charge is 2.07. The van der Waals surface area contributed by atoms with Crippen LogP contribution in [-0.2, 0) is 4.79 Å². The van der Waals surface area contributed by atoms with Gasteiger partial charge in [-0.3, -0.25) is 4.79 Å². The molecule has 0 unspecified atom stereocenters. The average Bonchev–Trinajstić information content (AvgIpc) is 2.43. The summed E-state index contributed by atoms with van der Waals surface area (Å²) in [7, 11) is 0. The smallest absolute Gasteiger partial charge is 0.262 e. The second-order valence-corrected chi connectivity index (χ2v) is 5.17. The van der Waals surface area contributed by atoms with E-state index in [-0.39, 0.29) is 12.5 Å². The van der Waals surface area contributed by atoms with Gasteiger partial charge in [-0.1, -0.05) is 12.1 Å². The van der Waals surface area contributed by atoms with Gasteiger partial charge in [0.25, 0.3) is 5.91 Å². The van der Waals surface area contributed by atoms with Gasteiger partial charge in [-0.25, -0.2) is 0 Å². The van der Waals surface area contributed by atoms with E-state index in [4.69, 9.17) is 10.5 Å². The Morgan fingerprint density at radius 3 is 2.52 bits per heavy atom. The Kier molecular flexibility index (Phi) is 4.48. The second kappa shape index (κ2) is 6.31. The summed E-state index contributed by atoms with van der Waals surface area (Å²) in [5.74, 6) is 0.453. The number of anilines is 2. The molecule has 4 heteroatoms. The maximum Gasteiger partial charge on any atom is 0.262 e. The maximum atomic E-state index is 11.9. The molecule has 2 aromatic carbocycles. The Hall–Kier alpha value is -2.49. The molecule has 0 saturated carbocycles. The van der Waals surface area contributed by atoms with Gasteiger partial charge >= 0.3 is 0 Å². The predicted molar refractivity (Wildman–Crippen MR) is 85.6 cm³/mol. The van der Waals surface area contributed by atoms with E-state index in [1.807, 2.05) is 51.1 Å². The fourth-order valence-corrected chi connectivity index (χ4v) is 1.93. The van der Waals surface area contributed by atoms with Crippen LogP contribution in [0.5, 0.6) is 5.75 Å². The third kappa shape index (κ3) is 3.99. The number of carbonyl (C=O) groups excluding carboxylic acids is 1. The predicted octanol–water partition coefficient (Wildman–Crippen LogP) is 3.21. The maximum absolute atomic E-state index is 11.9. The SMILES string of the molecule is Cc1ccc(NC(=O)COc2ccc(C)c(C)c2)c(N)c1. The number of rotatable bonds is 4. The molecule has 0 spiro atoms. The van der Waals surface area contributed by atoms with Crippen molar-refractivity contribution in [1.29, 1.82) is 0 Å². The quantitative estimate of drug-likeness (QED) is 0.847. The summed E-state index contributed by atoms with van der Waals surface area (Å²) < 4.78 is 5.49. The Morgan fingerprint density at radius 2 is 1.86 bits per heavy atom. The number of nitrogens with one attached hydrogen (secondary N) is 1. The summed E-state index contributed by atoms with van der Waals surface area (Å²) in [6.07, 6.45) is 0. The molecule has 0 aliphatic carbocycles. The number of nitrogen functional groups attached to an aromatic ring is 1. The minimum Gasteiger partial charge on any atom is -0.484 e. The minimum absolute atomic E-state index is 0.0458. The highest BCUT2D eigenvalue weighted by Crippen LogP contribution is 2.20. The summed E-state index contributed by atoms with van der Waals surface area (Å²) in [6, 6.07) is 11.3. The molecule has 0 bridgehead atoms. The van der Waals surface area contributed by atoms with Crippen molar-refractivity contribution in [3.05, 3.63) is 53.1 Å². The lowest BCUT2D eigenvalue weighted by atomic mass is 10.1. The number of aryl methyl sites for hydroxylation is 3. The van der Waals surface area contributed by atoms with Crippen LogP contribution in [0.1, 0.15) is 16.7 Å². The zero-order valence-electron chi connectivity index (χ0n) is 12.6. The molecule has 0 aliphatic rings. The van der Waals surface area contributed by atoms with Gasteiger partial charge in [-0.05, 0) is 61.7 Å². The number of nitrogens with two attached hydrogens (primary N) is 1. The lowest BCUT2D eigenvalue weighted by Crippen LogP contribution is -2.20. The van der Waals surface area contributed by atoms with Crippen LogP contribution in [-0.4, -0.2) is 12.5 Å². The summed E-state index contributed by atoms with van der Waals surface area (Å²) in [6.45, 7) is 5.95. The Bertz CT molecular complexity index is 666. The van der Waals surface area contributed by atoms with E-state index in [9.17, 15) is 4.79 Å². The summed E-state index contributed by atoms with van der Waals surface area (Å²) in [4.78, 5) is 11.9. The monoisotopic (exact) mass is 284 g/mol. The van der Waals surface area contributed by atoms with Crippen molar-refractivity contribution < 1.29 is 9.53 Å². The minimum atomic E-state index is -0.233. The molecule has 0 aromatic heterocycles. The number of hydrogen-bond donors (Lipinski definition) is 2. The first-order valence-corrected chi connectivity index (χ1v) is 6.82. The summed E-state index contributed by atoms with van der Waals surface area (Å²) in [5.41, 5.74) is 10.4. The van der Waals surface area contributed by atoms with Gasteiger partial charge in [0.2, 0.25) is 0 Å². The first-order chi connectivity index (χ1) is 9.95. The van der Waals surface area contributed by atoms with E-state index in [2.05, 4.69) is 5.32 Å². The molecule has 0 saturated heterocycles. The van der Waals surface area contributed by atoms with Gasteiger partial charge in [-0.15, -0.1) is 0 Å². The average molecular weight is 284 g/mol. The van der Waals surface area contributed by atoms with Gasteiger partial charge in [0, 0.05) is 0 Å². The number of benzene rings is 2. The highest BCUT2D eigenvalue weighted by molar-refractivity contribution is 5.94. The van der Waals surface area contributed by atoms with E-state index < -0.39 is 0 Å². The molecular formula is C17H20N2O2. The van der Waals surface area contributed by atoms with E-state index in [1.54, 1.807) is 6.07 Å². The lowest BCUT2D eigenvalue weighted by molar-refractivity contribution is -0.118. The lowest BCUT2D eigenvalue weighted by Gasteiger charge is -2.10. The zero-order valence-corrected chi connectivity index (χ0v) is 12.6. The van der Waals surface area contributed by atoms with Crippen LogP contribution < -0.4 is 15.8 Å². The Balaban J connectivity index is 1.94. The number of amides is 1. The van der Waals surface area contributed by atoms with Gasteiger partial charge in [0.05, 0.1) is 11.4 Å². The number of hydrogen-bond acceptors (Lipinski definition) is 3. The molecule has 21 heavy (non-hydrogen) atoms. The van der Waals surface area contributed by atoms with Crippen LogP contribution >= 0.6 is 0 Å². The van der Waals surface area contributed by atoms with Gasteiger partial charge < -0.3 is 15.8 Å².